The lowest BCUT2D eigenvalue weighted by molar-refractivity contribution is 0.0848. The summed E-state index contributed by atoms with van der Waals surface area (Å²) in [5.41, 5.74) is 12.1. The second-order valence-corrected chi connectivity index (χ2v) is 9.03. The van der Waals surface area contributed by atoms with Crippen LogP contribution in [0.5, 0.6) is 0 Å². The highest BCUT2D eigenvalue weighted by Crippen LogP contribution is 2.41. The average molecular weight is 469 g/mol. The number of anilines is 2. The maximum Gasteiger partial charge on any atom is 0.506 e. The van der Waals surface area contributed by atoms with Crippen LogP contribution in [-0.4, -0.2) is 45.4 Å². The number of aryl methyl sites for hydroxylation is 1. The van der Waals surface area contributed by atoms with E-state index in [1.54, 1.807) is 11.5 Å². The molecule has 9 heteroatoms. The molecule has 1 saturated heterocycles. The molecular weight excluding hydrogens is 440 g/mol. The van der Waals surface area contributed by atoms with Crippen molar-refractivity contribution >= 4 is 40.2 Å². The number of nitrogen functional groups attached to an aromatic ring is 1. The van der Waals surface area contributed by atoms with Crippen LogP contribution in [0.25, 0.3) is 22.3 Å². The van der Waals surface area contributed by atoms with E-state index in [4.69, 9.17) is 15.8 Å². The summed E-state index contributed by atoms with van der Waals surface area (Å²) < 4.78 is 6.36. The zero-order valence-corrected chi connectivity index (χ0v) is 19.9. The van der Waals surface area contributed by atoms with E-state index in [9.17, 15) is 9.59 Å². The van der Waals surface area contributed by atoms with E-state index in [0.717, 1.165) is 58.1 Å². The summed E-state index contributed by atoms with van der Waals surface area (Å²) in [6.45, 7) is 7.77. The summed E-state index contributed by atoms with van der Waals surface area (Å²) in [6.07, 6.45) is -1.40. The average Bonchev–Trinajstić information content (AvgIpc) is 3.17. The third kappa shape index (κ3) is 4.13. The summed E-state index contributed by atoms with van der Waals surface area (Å²) in [6, 6.07) is 7.63. The molecule has 0 amide bonds. The van der Waals surface area contributed by atoms with Crippen LogP contribution in [0.1, 0.15) is 30.5 Å². The number of hydrogen-bond donors (Lipinski definition) is 2. The van der Waals surface area contributed by atoms with Crippen LogP contribution in [0.3, 0.4) is 0 Å². The Hall–Kier alpha value is -3.20. The van der Waals surface area contributed by atoms with E-state index >= 15 is 0 Å². The summed E-state index contributed by atoms with van der Waals surface area (Å²) in [5, 5.41) is 9.84. The fourth-order valence-corrected chi connectivity index (χ4v) is 5.35. The molecule has 0 unspecified atom stereocenters. The number of nitrogens with two attached hydrogens (primary N) is 1. The van der Waals surface area contributed by atoms with Crippen molar-refractivity contribution < 1.29 is 14.6 Å². The molecule has 1 aromatic carbocycles. The van der Waals surface area contributed by atoms with Gasteiger partial charge in [0.2, 0.25) is 0 Å². The first-order chi connectivity index (χ1) is 15.9. The van der Waals surface area contributed by atoms with E-state index in [1.807, 2.05) is 49.9 Å². The van der Waals surface area contributed by atoms with Crippen LogP contribution < -0.4 is 16.2 Å². The highest BCUT2D eigenvalue weighted by Gasteiger charge is 2.30. The number of aromatic nitrogens is 2. The summed E-state index contributed by atoms with van der Waals surface area (Å²) in [7, 11) is 0. The zero-order valence-electron chi connectivity index (χ0n) is 19.1. The van der Waals surface area contributed by atoms with Gasteiger partial charge in [0.25, 0.3) is 5.56 Å². The zero-order chi connectivity index (χ0) is 23.7. The molecule has 0 bridgehead atoms. The van der Waals surface area contributed by atoms with Gasteiger partial charge in [-0.1, -0.05) is 13.8 Å². The van der Waals surface area contributed by atoms with Gasteiger partial charge in [0.1, 0.15) is 6.61 Å². The van der Waals surface area contributed by atoms with Crippen molar-refractivity contribution in [1.29, 1.82) is 0 Å². The lowest BCUT2D eigenvalue weighted by Crippen LogP contribution is -2.33. The number of carbonyl (C=O) groups is 1. The molecule has 5 rings (SSSR count). The number of hydrogen-bond acceptors (Lipinski definition) is 7. The van der Waals surface area contributed by atoms with Crippen LogP contribution in [-0.2, 0) is 17.9 Å². The van der Waals surface area contributed by atoms with Crippen molar-refractivity contribution in [3.05, 3.63) is 51.3 Å². The number of rotatable bonds is 3. The molecule has 0 aliphatic carbocycles. The molecule has 1 fully saturated rings. The van der Waals surface area contributed by atoms with Crippen LogP contribution in [0.2, 0.25) is 0 Å². The Labute approximate surface area is 196 Å². The Morgan fingerprint density at radius 1 is 1.24 bits per heavy atom. The molecule has 0 radical (unpaired) electrons. The minimum Gasteiger partial charge on any atom is -0.450 e. The largest absolute Gasteiger partial charge is 0.506 e. The van der Waals surface area contributed by atoms with Crippen molar-refractivity contribution in [1.82, 2.24) is 9.55 Å². The van der Waals surface area contributed by atoms with Crippen molar-refractivity contribution in [3.63, 3.8) is 0 Å². The van der Waals surface area contributed by atoms with Gasteiger partial charge in [-0.05, 0) is 36.8 Å². The number of nitrogens with zero attached hydrogens (tertiary/aromatic N) is 3. The molecule has 174 valence electrons. The number of carboxylic acid groups (broad SMARTS) is 1. The maximum absolute atomic E-state index is 13.2. The van der Waals surface area contributed by atoms with E-state index in [0.29, 0.717) is 23.4 Å². The predicted molar refractivity (Wildman–Crippen MR) is 133 cm³/mol. The standard InChI is InChI=1S/C22H22N4O4S.C2H6/c1-12-8-18-19-15(10-26(18)21(27)16(12)11-30-22(28)29)20(25-4-6-31-7-5-25)14-9-13(23)2-3-17(14)24-19;1-2/h2-3,8-9H,4-7,10-11,23H2,1H3,(H,28,29);1-2H3. The molecule has 33 heavy (non-hydrogen) atoms. The molecule has 0 atom stereocenters. The molecule has 2 aliphatic heterocycles. The Morgan fingerprint density at radius 3 is 2.67 bits per heavy atom. The lowest BCUT2D eigenvalue weighted by atomic mass is 10.0. The molecule has 3 N–H and O–H groups in total. The van der Waals surface area contributed by atoms with E-state index in [-0.39, 0.29) is 12.2 Å². The third-order valence-corrected chi connectivity index (χ3v) is 6.87. The molecule has 8 nitrogen and oxygen atoms in total. The second kappa shape index (κ2) is 9.35. The fraction of sp³-hybridized carbons (Fsp3) is 0.375. The van der Waals surface area contributed by atoms with Crippen LogP contribution in [0.4, 0.5) is 16.2 Å². The first kappa shape index (κ1) is 23.0. The van der Waals surface area contributed by atoms with Gasteiger partial charge in [-0.15, -0.1) is 0 Å². The van der Waals surface area contributed by atoms with Gasteiger partial charge in [0, 0.05) is 41.2 Å². The van der Waals surface area contributed by atoms with Crippen molar-refractivity contribution in [2.45, 2.75) is 33.9 Å². The Morgan fingerprint density at radius 2 is 1.97 bits per heavy atom. The number of ether oxygens (including phenoxy) is 1. The van der Waals surface area contributed by atoms with E-state index in [1.165, 1.54) is 0 Å². The Bertz CT molecular complexity index is 1280. The first-order valence-corrected chi connectivity index (χ1v) is 12.2. The summed E-state index contributed by atoms with van der Waals surface area (Å²) in [5.74, 6) is 2.09. The highest BCUT2D eigenvalue weighted by atomic mass is 32.2. The Balaban J connectivity index is 0.00000126. The Kier molecular flexibility index (Phi) is 6.51. The van der Waals surface area contributed by atoms with Gasteiger partial charge < -0.3 is 25.0 Å². The summed E-state index contributed by atoms with van der Waals surface area (Å²) >= 11 is 1.94. The minimum atomic E-state index is -1.40. The SMILES string of the molecule is CC.Cc1cc2n(c(=O)c1COC(=O)O)Cc1c-2nc2ccc(N)cc2c1N1CCSCC1. The summed E-state index contributed by atoms with van der Waals surface area (Å²) in [4.78, 5) is 31.3. The van der Waals surface area contributed by atoms with Crippen molar-refractivity contribution in [2.24, 2.45) is 0 Å². The van der Waals surface area contributed by atoms with Gasteiger partial charge in [-0.2, -0.15) is 11.8 Å². The predicted octanol–water partition coefficient (Wildman–Crippen LogP) is 4.09. The molecule has 3 aromatic rings. The number of pyridine rings is 2. The lowest BCUT2D eigenvalue weighted by Gasteiger charge is -2.31. The normalized spacial score (nSPS) is 14.3. The number of fused-ring (bicyclic) bond motifs is 4. The molecule has 0 saturated carbocycles. The van der Waals surface area contributed by atoms with E-state index < -0.39 is 6.16 Å². The van der Waals surface area contributed by atoms with Gasteiger partial charge in [0.05, 0.1) is 34.7 Å². The minimum absolute atomic E-state index is 0.238. The van der Waals surface area contributed by atoms with Crippen molar-refractivity contribution in [3.8, 4) is 11.4 Å². The monoisotopic (exact) mass is 468 g/mol. The third-order valence-electron chi connectivity index (χ3n) is 5.93. The van der Waals surface area contributed by atoms with E-state index in [2.05, 4.69) is 9.64 Å². The molecule has 0 spiro atoms. The highest BCUT2D eigenvalue weighted by molar-refractivity contribution is 7.99. The second-order valence-electron chi connectivity index (χ2n) is 7.80. The maximum atomic E-state index is 13.2. The quantitative estimate of drug-likeness (QED) is 0.342. The van der Waals surface area contributed by atoms with Gasteiger partial charge in [-0.25, -0.2) is 9.78 Å². The molecular formula is C24H28N4O4S. The van der Waals surface area contributed by atoms with Crippen LogP contribution in [0, 0.1) is 6.92 Å². The van der Waals surface area contributed by atoms with Crippen molar-refractivity contribution in [2.75, 3.05) is 35.2 Å². The molecule has 2 aliphatic rings. The molecule has 2 aromatic heterocycles. The van der Waals surface area contributed by atoms with Gasteiger partial charge in [-0.3, -0.25) is 4.79 Å². The topological polar surface area (TPSA) is 111 Å². The number of benzene rings is 1. The fourth-order valence-electron chi connectivity index (χ4n) is 4.45. The van der Waals surface area contributed by atoms with Gasteiger partial charge in [0.15, 0.2) is 0 Å². The molecule has 4 heterocycles. The first-order valence-electron chi connectivity index (χ1n) is 11.1. The smallest absolute Gasteiger partial charge is 0.450 e. The van der Waals surface area contributed by atoms with Crippen LogP contribution in [0.15, 0.2) is 29.1 Å². The number of thioether (sulfide) groups is 1. The van der Waals surface area contributed by atoms with Crippen LogP contribution >= 0.6 is 11.8 Å². The van der Waals surface area contributed by atoms with Gasteiger partial charge >= 0.3 is 6.16 Å².